The molecule has 0 aromatic heterocycles. The van der Waals surface area contributed by atoms with E-state index in [1.54, 1.807) is 0 Å². The highest BCUT2D eigenvalue weighted by atomic mass is 16.3. The van der Waals surface area contributed by atoms with Gasteiger partial charge in [-0.2, -0.15) is 0 Å². The second-order valence-corrected chi connectivity index (χ2v) is 5.74. The van der Waals surface area contributed by atoms with Crippen molar-refractivity contribution in [3.05, 3.63) is 35.9 Å². The van der Waals surface area contributed by atoms with Gasteiger partial charge in [-0.15, -0.1) is 0 Å². The van der Waals surface area contributed by atoms with E-state index < -0.39 is 0 Å². The first-order chi connectivity index (χ1) is 9.20. The van der Waals surface area contributed by atoms with E-state index in [1.165, 1.54) is 31.5 Å². The lowest BCUT2D eigenvalue weighted by Gasteiger charge is -2.34. The molecule has 1 aromatic carbocycles. The number of nitrogens with one attached hydrogen (secondary N) is 1. The molecule has 0 aliphatic carbocycles. The summed E-state index contributed by atoms with van der Waals surface area (Å²) in [6, 6.07) is 10.7. The number of nitrogens with zero attached hydrogens (tertiary/aromatic N) is 1. The third-order valence-corrected chi connectivity index (χ3v) is 4.32. The normalized spacial score (nSPS) is 21.2. The first kappa shape index (κ1) is 14.5. The Balaban J connectivity index is 1.91. The smallest absolute Gasteiger partial charge is 0.0626 e. The van der Waals surface area contributed by atoms with Crippen LogP contribution in [-0.4, -0.2) is 42.8 Å². The second-order valence-electron chi connectivity index (χ2n) is 5.74. The molecule has 106 valence electrons. The Labute approximate surface area is 116 Å². The van der Waals surface area contributed by atoms with Gasteiger partial charge in [-0.05, 0) is 51.4 Å². The molecule has 1 saturated heterocycles. The number of aliphatic hydroxyl groups is 1. The molecular weight excluding hydrogens is 236 g/mol. The monoisotopic (exact) mass is 262 g/mol. The van der Waals surface area contributed by atoms with Crippen LogP contribution in [0.4, 0.5) is 0 Å². The largest absolute Gasteiger partial charge is 0.394 e. The molecular formula is C16H26N2O. The second kappa shape index (κ2) is 7.04. The van der Waals surface area contributed by atoms with Crippen molar-refractivity contribution >= 4 is 0 Å². The molecule has 2 N–H and O–H groups in total. The molecule has 1 heterocycles. The maximum atomic E-state index is 9.60. The third-order valence-electron chi connectivity index (χ3n) is 4.32. The minimum Gasteiger partial charge on any atom is -0.394 e. The van der Waals surface area contributed by atoms with Crippen molar-refractivity contribution in [1.29, 1.82) is 0 Å². The van der Waals surface area contributed by atoms with E-state index in [1.807, 2.05) is 18.2 Å². The molecule has 2 unspecified atom stereocenters. The van der Waals surface area contributed by atoms with Crippen molar-refractivity contribution in [3.8, 4) is 0 Å². The molecule has 2 rings (SSSR count). The van der Waals surface area contributed by atoms with E-state index in [4.69, 9.17) is 0 Å². The summed E-state index contributed by atoms with van der Waals surface area (Å²) in [5.41, 5.74) is 1.17. The predicted octanol–water partition coefficient (Wildman–Crippen LogP) is 2.04. The molecule has 1 aliphatic rings. The molecule has 1 fully saturated rings. The number of hydrogen-bond acceptors (Lipinski definition) is 3. The molecule has 1 aromatic rings. The lowest BCUT2D eigenvalue weighted by molar-refractivity contribution is 0.168. The van der Waals surface area contributed by atoms with Crippen LogP contribution in [-0.2, 0) is 0 Å². The third kappa shape index (κ3) is 4.03. The van der Waals surface area contributed by atoms with E-state index in [9.17, 15) is 5.11 Å². The molecule has 0 saturated carbocycles. The summed E-state index contributed by atoms with van der Waals surface area (Å²) < 4.78 is 0. The molecule has 3 nitrogen and oxygen atoms in total. The summed E-state index contributed by atoms with van der Waals surface area (Å²) in [7, 11) is 2.19. The Morgan fingerprint density at radius 1 is 1.26 bits per heavy atom. The standard InChI is InChI=1S/C16H26N2O/c1-13(14-8-10-18(2)11-9-14)17-16(12-19)15-6-4-3-5-7-15/h3-7,13-14,16-17,19H,8-12H2,1-2H3. The molecule has 3 heteroatoms. The summed E-state index contributed by atoms with van der Waals surface area (Å²) in [5.74, 6) is 0.717. The van der Waals surface area contributed by atoms with Crippen LogP contribution in [0.3, 0.4) is 0 Å². The summed E-state index contributed by atoms with van der Waals surface area (Å²) in [6.45, 7) is 4.78. The topological polar surface area (TPSA) is 35.5 Å². The fourth-order valence-corrected chi connectivity index (χ4v) is 2.92. The zero-order valence-electron chi connectivity index (χ0n) is 12.0. The molecule has 1 aliphatic heterocycles. The number of likely N-dealkylation sites (tertiary alicyclic amines) is 1. The van der Waals surface area contributed by atoms with Crippen LogP contribution in [0.1, 0.15) is 31.4 Å². The first-order valence-electron chi connectivity index (χ1n) is 7.31. The van der Waals surface area contributed by atoms with Crippen LogP contribution in [0.5, 0.6) is 0 Å². The minimum atomic E-state index is 0.0517. The van der Waals surface area contributed by atoms with Gasteiger partial charge in [-0.25, -0.2) is 0 Å². The lowest BCUT2D eigenvalue weighted by Crippen LogP contribution is -2.42. The average molecular weight is 262 g/mol. The van der Waals surface area contributed by atoms with Crippen molar-refractivity contribution in [2.45, 2.75) is 31.8 Å². The van der Waals surface area contributed by atoms with Crippen molar-refractivity contribution in [2.75, 3.05) is 26.7 Å². The van der Waals surface area contributed by atoms with E-state index in [0.29, 0.717) is 12.0 Å². The maximum Gasteiger partial charge on any atom is 0.0626 e. The van der Waals surface area contributed by atoms with Crippen molar-refractivity contribution in [3.63, 3.8) is 0 Å². The lowest BCUT2D eigenvalue weighted by atomic mass is 9.89. The number of aliphatic hydroxyl groups excluding tert-OH is 1. The molecule has 0 bridgehead atoms. The van der Waals surface area contributed by atoms with Gasteiger partial charge in [0.05, 0.1) is 12.6 Å². The molecule has 0 spiro atoms. The van der Waals surface area contributed by atoms with Gasteiger partial charge in [-0.3, -0.25) is 0 Å². The van der Waals surface area contributed by atoms with Crippen molar-refractivity contribution in [1.82, 2.24) is 10.2 Å². The Hall–Kier alpha value is -0.900. The van der Waals surface area contributed by atoms with E-state index >= 15 is 0 Å². The predicted molar refractivity (Wildman–Crippen MR) is 79.1 cm³/mol. The Morgan fingerprint density at radius 3 is 2.47 bits per heavy atom. The van der Waals surface area contributed by atoms with Crippen LogP contribution >= 0.6 is 0 Å². The van der Waals surface area contributed by atoms with Crippen LogP contribution in [0.2, 0.25) is 0 Å². The number of rotatable bonds is 5. The van der Waals surface area contributed by atoms with Gasteiger partial charge in [0.1, 0.15) is 0 Å². The summed E-state index contributed by atoms with van der Waals surface area (Å²) in [5, 5.41) is 13.2. The van der Waals surface area contributed by atoms with Gasteiger partial charge >= 0.3 is 0 Å². The summed E-state index contributed by atoms with van der Waals surface area (Å²) in [4.78, 5) is 2.39. The minimum absolute atomic E-state index is 0.0517. The fourth-order valence-electron chi connectivity index (χ4n) is 2.92. The van der Waals surface area contributed by atoms with E-state index in [0.717, 1.165) is 0 Å². The van der Waals surface area contributed by atoms with E-state index in [2.05, 4.69) is 36.3 Å². The Kier molecular flexibility index (Phi) is 5.37. The van der Waals surface area contributed by atoms with E-state index in [-0.39, 0.29) is 12.6 Å². The van der Waals surface area contributed by atoms with Crippen molar-refractivity contribution in [2.24, 2.45) is 5.92 Å². The SMILES string of the molecule is CC(NC(CO)c1ccccc1)C1CCN(C)CC1. The average Bonchev–Trinajstić information content (AvgIpc) is 2.46. The Morgan fingerprint density at radius 2 is 1.89 bits per heavy atom. The zero-order chi connectivity index (χ0) is 13.7. The van der Waals surface area contributed by atoms with Gasteiger partial charge in [0, 0.05) is 6.04 Å². The van der Waals surface area contributed by atoms with Gasteiger partial charge in [0.25, 0.3) is 0 Å². The highest BCUT2D eigenvalue weighted by Crippen LogP contribution is 2.22. The highest BCUT2D eigenvalue weighted by molar-refractivity contribution is 5.19. The van der Waals surface area contributed by atoms with Gasteiger partial charge < -0.3 is 15.3 Å². The van der Waals surface area contributed by atoms with Gasteiger partial charge in [-0.1, -0.05) is 30.3 Å². The fraction of sp³-hybridized carbons (Fsp3) is 0.625. The quantitative estimate of drug-likeness (QED) is 0.852. The van der Waals surface area contributed by atoms with Gasteiger partial charge in [0.2, 0.25) is 0 Å². The first-order valence-corrected chi connectivity index (χ1v) is 7.31. The van der Waals surface area contributed by atoms with Crippen molar-refractivity contribution < 1.29 is 5.11 Å². The van der Waals surface area contributed by atoms with Gasteiger partial charge in [0.15, 0.2) is 0 Å². The number of hydrogen-bond donors (Lipinski definition) is 2. The molecule has 0 amide bonds. The molecule has 19 heavy (non-hydrogen) atoms. The van der Waals surface area contributed by atoms with Crippen LogP contribution in [0, 0.1) is 5.92 Å². The zero-order valence-corrected chi connectivity index (χ0v) is 12.0. The molecule has 0 radical (unpaired) electrons. The molecule has 2 atom stereocenters. The summed E-state index contributed by atoms with van der Waals surface area (Å²) in [6.07, 6.45) is 2.50. The van der Waals surface area contributed by atoms with Crippen LogP contribution < -0.4 is 5.32 Å². The van der Waals surface area contributed by atoms with Crippen LogP contribution in [0.25, 0.3) is 0 Å². The summed E-state index contributed by atoms with van der Waals surface area (Å²) >= 11 is 0. The van der Waals surface area contributed by atoms with Crippen LogP contribution in [0.15, 0.2) is 30.3 Å². The number of benzene rings is 1. The number of piperidine rings is 1. The highest BCUT2D eigenvalue weighted by Gasteiger charge is 2.24. The Bertz CT molecular complexity index is 360. The maximum absolute atomic E-state index is 9.60.